The van der Waals surface area contributed by atoms with Crippen molar-refractivity contribution in [3.8, 4) is 17.1 Å². The second-order valence-corrected chi connectivity index (χ2v) is 7.22. The average molecular weight is 372 g/mol. The summed E-state index contributed by atoms with van der Waals surface area (Å²) in [6, 6.07) is 15.0. The standard InChI is InChI=1S/C18H14ClN3O2S/c1-24-14-8-4-11(5-9-14)15-10-16(23)22-18(25-15)20-17(21-22)12-2-6-13(19)7-3-12/h2-9,15H,10H2,1H3. The molecule has 0 bridgehead atoms. The van der Waals surface area contributed by atoms with E-state index in [1.165, 1.54) is 4.68 Å². The van der Waals surface area contributed by atoms with E-state index in [-0.39, 0.29) is 11.2 Å². The maximum Gasteiger partial charge on any atom is 0.250 e. The number of halogens is 1. The van der Waals surface area contributed by atoms with Gasteiger partial charge in [0.1, 0.15) is 5.75 Å². The van der Waals surface area contributed by atoms with Crippen LogP contribution in [0.2, 0.25) is 5.02 Å². The topological polar surface area (TPSA) is 57.0 Å². The van der Waals surface area contributed by atoms with Crippen molar-refractivity contribution in [3.05, 3.63) is 59.1 Å². The van der Waals surface area contributed by atoms with Gasteiger partial charge in [0, 0.05) is 22.3 Å². The van der Waals surface area contributed by atoms with Gasteiger partial charge in [0.25, 0.3) is 5.91 Å². The first-order valence-electron chi connectivity index (χ1n) is 7.71. The molecule has 1 unspecified atom stereocenters. The van der Waals surface area contributed by atoms with Crippen molar-refractivity contribution in [1.82, 2.24) is 14.8 Å². The van der Waals surface area contributed by atoms with Crippen LogP contribution in [0.4, 0.5) is 0 Å². The predicted molar refractivity (Wildman–Crippen MR) is 97.3 cm³/mol. The lowest BCUT2D eigenvalue weighted by Gasteiger charge is -2.20. The lowest BCUT2D eigenvalue weighted by atomic mass is 10.1. The highest BCUT2D eigenvalue weighted by Crippen LogP contribution is 2.41. The Kier molecular flexibility index (Phi) is 4.23. The van der Waals surface area contributed by atoms with E-state index >= 15 is 0 Å². The summed E-state index contributed by atoms with van der Waals surface area (Å²) in [6.45, 7) is 0. The quantitative estimate of drug-likeness (QED) is 0.679. The van der Waals surface area contributed by atoms with Crippen LogP contribution in [0, 0.1) is 0 Å². The summed E-state index contributed by atoms with van der Waals surface area (Å²) >= 11 is 7.47. The Morgan fingerprint density at radius 1 is 1.16 bits per heavy atom. The number of ether oxygens (including phenoxy) is 1. The molecule has 126 valence electrons. The van der Waals surface area contributed by atoms with Gasteiger partial charge in [-0.15, -0.1) is 5.10 Å². The molecule has 2 heterocycles. The Morgan fingerprint density at radius 3 is 2.56 bits per heavy atom. The molecule has 3 aromatic rings. The smallest absolute Gasteiger partial charge is 0.250 e. The third-order valence-corrected chi connectivity index (χ3v) is 5.46. The molecular weight excluding hydrogens is 358 g/mol. The fourth-order valence-electron chi connectivity index (χ4n) is 2.68. The maximum atomic E-state index is 12.5. The molecule has 25 heavy (non-hydrogen) atoms. The van der Waals surface area contributed by atoms with Gasteiger partial charge < -0.3 is 4.74 Å². The summed E-state index contributed by atoms with van der Waals surface area (Å²) in [7, 11) is 1.63. The van der Waals surface area contributed by atoms with E-state index in [0.717, 1.165) is 16.9 Å². The van der Waals surface area contributed by atoms with E-state index < -0.39 is 0 Å². The highest BCUT2D eigenvalue weighted by atomic mass is 35.5. The van der Waals surface area contributed by atoms with Crippen LogP contribution >= 0.6 is 23.4 Å². The van der Waals surface area contributed by atoms with Crippen molar-refractivity contribution in [2.45, 2.75) is 16.8 Å². The molecule has 1 aliphatic heterocycles. The van der Waals surface area contributed by atoms with E-state index in [1.54, 1.807) is 31.0 Å². The number of hydrogen-bond acceptors (Lipinski definition) is 5. The Hall–Kier alpha value is -2.31. The van der Waals surface area contributed by atoms with E-state index in [9.17, 15) is 4.79 Å². The van der Waals surface area contributed by atoms with Crippen LogP contribution in [0.1, 0.15) is 22.0 Å². The molecule has 0 N–H and O–H groups in total. The third kappa shape index (κ3) is 3.15. The van der Waals surface area contributed by atoms with Crippen LogP contribution in [0.5, 0.6) is 5.75 Å². The lowest BCUT2D eigenvalue weighted by molar-refractivity contribution is 0.0868. The number of benzene rings is 2. The molecule has 0 saturated heterocycles. The third-order valence-electron chi connectivity index (χ3n) is 4.01. The zero-order chi connectivity index (χ0) is 17.4. The molecule has 7 heteroatoms. The SMILES string of the molecule is COc1ccc(C2CC(=O)n3nc(-c4ccc(Cl)cc4)nc3S2)cc1. The highest BCUT2D eigenvalue weighted by molar-refractivity contribution is 7.99. The predicted octanol–water partition coefficient (Wildman–Crippen LogP) is 4.48. The van der Waals surface area contributed by atoms with Gasteiger partial charge in [0.15, 0.2) is 11.0 Å². The zero-order valence-electron chi connectivity index (χ0n) is 13.3. The van der Waals surface area contributed by atoms with Gasteiger partial charge in [0.05, 0.1) is 7.11 Å². The second kappa shape index (κ2) is 6.54. The molecule has 0 fully saturated rings. The van der Waals surface area contributed by atoms with Gasteiger partial charge in [-0.2, -0.15) is 4.68 Å². The summed E-state index contributed by atoms with van der Waals surface area (Å²) in [5.41, 5.74) is 1.90. The number of fused-ring (bicyclic) bond motifs is 1. The molecule has 1 aliphatic rings. The number of hydrogen-bond donors (Lipinski definition) is 0. The lowest BCUT2D eigenvalue weighted by Crippen LogP contribution is -2.20. The van der Waals surface area contributed by atoms with Crippen LogP contribution < -0.4 is 4.74 Å². The highest BCUT2D eigenvalue weighted by Gasteiger charge is 2.30. The van der Waals surface area contributed by atoms with E-state index in [2.05, 4.69) is 10.1 Å². The zero-order valence-corrected chi connectivity index (χ0v) is 14.9. The van der Waals surface area contributed by atoms with Crippen molar-refractivity contribution >= 4 is 29.3 Å². The fourth-order valence-corrected chi connectivity index (χ4v) is 3.96. The summed E-state index contributed by atoms with van der Waals surface area (Å²) in [5.74, 6) is 1.27. The van der Waals surface area contributed by atoms with Crippen LogP contribution in [0.25, 0.3) is 11.4 Å². The van der Waals surface area contributed by atoms with Crippen molar-refractivity contribution in [2.75, 3.05) is 7.11 Å². The molecule has 1 atom stereocenters. The fraction of sp³-hybridized carbons (Fsp3) is 0.167. The molecule has 0 aliphatic carbocycles. The first-order chi connectivity index (χ1) is 12.1. The van der Waals surface area contributed by atoms with Gasteiger partial charge in [-0.25, -0.2) is 4.98 Å². The first kappa shape index (κ1) is 16.2. The molecule has 0 radical (unpaired) electrons. The van der Waals surface area contributed by atoms with Gasteiger partial charge in [-0.05, 0) is 42.0 Å². The van der Waals surface area contributed by atoms with Crippen LogP contribution in [-0.4, -0.2) is 27.8 Å². The van der Waals surface area contributed by atoms with E-state index in [4.69, 9.17) is 16.3 Å². The average Bonchev–Trinajstić information content (AvgIpc) is 3.07. The van der Waals surface area contributed by atoms with Crippen molar-refractivity contribution in [3.63, 3.8) is 0 Å². The number of carbonyl (C=O) groups is 1. The van der Waals surface area contributed by atoms with Crippen LogP contribution in [0.3, 0.4) is 0 Å². The molecule has 2 aromatic carbocycles. The number of carbonyl (C=O) groups excluding carboxylic acids is 1. The van der Waals surface area contributed by atoms with Gasteiger partial charge in [-0.1, -0.05) is 35.5 Å². The molecule has 4 rings (SSSR count). The number of rotatable bonds is 3. The number of thioether (sulfide) groups is 1. The Morgan fingerprint density at radius 2 is 1.88 bits per heavy atom. The molecular formula is C18H14ClN3O2S. The van der Waals surface area contributed by atoms with Gasteiger partial charge >= 0.3 is 0 Å². The molecule has 1 aromatic heterocycles. The van der Waals surface area contributed by atoms with E-state index in [1.807, 2.05) is 36.4 Å². The van der Waals surface area contributed by atoms with Crippen molar-refractivity contribution in [2.24, 2.45) is 0 Å². The summed E-state index contributed by atoms with van der Waals surface area (Å²) in [6.07, 6.45) is 0.382. The Labute approximate surface area is 154 Å². The normalized spacial score (nSPS) is 16.6. The van der Waals surface area contributed by atoms with Crippen molar-refractivity contribution < 1.29 is 9.53 Å². The first-order valence-corrected chi connectivity index (χ1v) is 8.96. The summed E-state index contributed by atoms with van der Waals surface area (Å²) in [5, 5.41) is 5.64. The monoisotopic (exact) mass is 371 g/mol. The Balaban J connectivity index is 1.63. The number of aromatic nitrogens is 3. The number of nitrogens with zero attached hydrogens (tertiary/aromatic N) is 3. The van der Waals surface area contributed by atoms with E-state index in [0.29, 0.717) is 22.4 Å². The largest absolute Gasteiger partial charge is 0.497 e. The molecule has 0 spiro atoms. The van der Waals surface area contributed by atoms with Gasteiger partial charge in [-0.3, -0.25) is 4.79 Å². The Bertz CT molecular complexity index is 922. The maximum absolute atomic E-state index is 12.5. The minimum absolute atomic E-state index is 0.0215. The molecule has 0 saturated carbocycles. The minimum atomic E-state index is -0.0534. The van der Waals surface area contributed by atoms with Crippen molar-refractivity contribution in [1.29, 1.82) is 0 Å². The van der Waals surface area contributed by atoms with Crippen LogP contribution in [0.15, 0.2) is 53.7 Å². The number of methoxy groups -OCH3 is 1. The van der Waals surface area contributed by atoms with Gasteiger partial charge in [0.2, 0.25) is 0 Å². The molecule has 5 nitrogen and oxygen atoms in total. The summed E-state index contributed by atoms with van der Waals surface area (Å²) < 4.78 is 6.58. The molecule has 0 amide bonds. The summed E-state index contributed by atoms with van der Waals surface area (Å²) in [4.78, 5) is 17.0. The minimum Gasteiger partial charge on any atom is -0.497 e. The second-order valence-electron chi connectivity index (χ2n) is 5.61. The van der Waals surface area contributed by atoms with Crippen LogP contribution in [-0.2, 0) is 0 Å².